The fourth-order valence-electron chi connectivity index (χ4n) is 12.7. The predicted octanol–water partition coefficient (Wildman–Crippen LogP) is 16.3. The first kappa shape index (κ1) is 43.8. The lowest BCUT2D eigenvalue weighted by Gasteiger charge is -2.34. The molecule has 6 heteroatoms. The zero-order chi connectivity index (χ0) is 50.6. The molecule has 4 nitrogen and oxygen atoms in total. The Kier molecular flexibility index (Phi) is 9.79. The second-order valence-electron chi connectivity index (χ2n) is 20.2. The highest BCUT2D eigenvalue weighted by Crippen LogP contribution is 2.41. The lowest BCUT2D eigenvalue weighted by atomic mass is 10.0. The molecular weight excluding hydrogens is 971 g/mol. The van der Waals surface area contributed by atoms with Crippen molar-refractivity contribution in [2.24, 2.45) is 0 Å². The number of benzene rings is 11. The minimum absolute atomic E-state index is 0.883. The van der Waals surface area contributed by atoms with E-state index in [-0.39, 0.29) is 0 Å². The van der Waals surface area contributed by atoms with Gasteiger partial charge in [-0.3, -0.25) is 4.98 Å². The second kappa shape index (κ2) is 17.2. The van der Waals surface area contributed by atoms with Crippen LogP contribution in [0, 0.1) is 0 Å². The van der Waals surface area contributed by atoms with Gasteiger partial charge in [0.1, 0.15) is 11.2 Å². The van der Waals surface area contributed by atoms with Crippen LogP contribution in [0.1, 0.15) is 0 Å². The van der Waals surface area contributed by atoms with Crippen molar-refractivity contribution in [3.05, 3.63) is 273 Å². The standard InChI is InChI=1S/C71H45N3OSSi/c1-5-18-50(19-6-1)73-61-29-14-13-26-54(61)57-42-46(33-37-62(57)73)48-35-39-65-58(43-48)55-27-15-31-67(70(55)75-65)77(52-22-9-3-10-23-52,53-24-11-4-12-25-53)68-32-16-28-56-59-44-49(36-40-66(59)76-71(56)68)47-34-38-63-60(45-47)69-64(30-17-41-72-69)74(63)51-20-7-2-8-21-51/h1-45H. The maximum Gasteiger partial charge on any atom is 0.185 e. The summed E-state index contributed by atoms with van der Waals surface area (Å²) in [5.41, 5.74) is 14.4. The van der Waals surface area contributed by atoms with E-state index in [9.17, 15) is 0 Å². The molecule has 0 aliphatic carbocycles. The van der Waals surface area contributed by atoms with E-state index < -0.39 is 8.07 Å². The molecule has 0 spiro atoms. The van der Waals surface area contributed by atoms with E-state index in [1.165, 1.54) is 79.4 Å². The summed E-state index contributed by atoms with van der Waals surface area (Å²) in [7, 11) is -3.17. The zero-order valence-electron chi connectivity index (χ0n) is 41.6. The summed E-state index contributed by atoms with van der Waals surface area (Å²) in [6.45, 7) is 0. The summed E-state index contributed by atoms with van der Waals surface area (Å²) < 4.78 is 14.5. The highest BCUT2D eigenvalue weighted by atomic mass is 32.1. The van der Waals surface area contributed by atoms with Crippen LogP contribution in [0.25, 0.3) is 119 Å². The van der Waals surface area contributed by atoms with E-state index in [4.69, 9.17) is 9.40 Å². The number of pyridine rings is 1. The summed E-state index contributed by atoms with van der Waals surface area (Å²) in [6.07, 6.45) is 1.90. The van der Waals surface area contributed by atoms with Crippen molar-refractivity contribution >= 4 is 126 Å². The summed E-state index contributed by atoms with van der Waals surface area (Å²) in [6, 6.07) is 98.2. The smallest absolute Gasteiger partial charge is 0.185 e. The number of rotatable bonds is 8. The highest BCUT2D eigenvalue weighted by Gasteiger charge is 2.45. The molecule has 77 heavy (non-hydrogen) atoms. The fourth-order valence-corrected chi connectivity index (χ4v) is 19.4. The van der Waals surface area contributed by atoms with Crippen molar-refractivity contribution in [3.8, 4) is 33.6 Å². The minimum Gasteiger partial charge on any atom is -0.456 e. The third kappa shape index (κ3) is 6.59. The maximum absolute atomic E-state index is 7.27. The van der Waals surface area contributed by atoms with E-state index in [0.717, 1.165) is 60.8 Å². The van der Waals surface area contributed by atoms with Crippen molar-refractivity contribution in [1.82, 2.24) is 14.1 Å². The molecule has 16 rings (SSSR count). The van der Waals surface area contributed by atoms with Crippen LogP contribution < -0.4 is 20.7 Å². The van der Waals surface area contributed by atoms with Gasteiger partial charge in [0.05, 0.1) is 27.6 Å². The third-order valence-electron chi connectivity index (χ3n) is 16.1. The van der Waals surface area contributed by atoms with Gasteiger partial charge in [0.2, 0.25) is 0 Å². The number of aromatic nitrogens is 3. The molecule has 0 amide bonds. The van der Waals surface area contributed by atoms with Gasteiger partial charge >= 0.3 is 0 Å². The number of fused-ring (bicyclic) bond motifs is 12. The SMILES string of the molecule is c1ccc(-n2c3ccccc3c3cc(-c4ccc5oc6c([Si](c7ccccc7)(c7ccccc7)c7cccc8c7sc7ccc(-c9ccc%10c(c9)c9ncccc9n%10-c9ccccc9)cc78)cccc6c5c4)ccc32)cc1. The molecule has 0 saturated heterocycles. The molecule has 5 aromatic heterocycles. The van der Waals surface area contributed by atoms with Gasteiger partial charge < -0.3 is 13.6 Å². The first-order valence-corrected chi connectivity index (χ1v) is 29.1. The number of para-hydroxylation sites is 4. The van der Waals surface area contributed by atoms with E-state index >= 15 is 0 Å². The van der Waals surface area contributed by atoms with Crippen LogP contribution >= 0.6 is 11.3 Å². The Morgan fingerprint density at radius 3 is 1.56 bits per heavy atom. The van der Waals surface area contributed by atoms with Crippen LogP contribution in [0.2, 0.25) is 0 Å². The molecule has 11 aromatic carbocycles. The van der Waals surface area contributed by atoms with Crippen molar-refractivity contribution in [3.63, 3.8) is 0 Å². The summed E-state index contributed by atoms with van der Waals surface area (Å²) >= 11 is 1.91. The maximum atomic E-state index is 7.27. The Morgan fingerprint density at radius 1 is 0.351 bits per heavy atom. The molecular formula is C71H45N3OSSi. The minimum atomic E-state index is -3.17. The largest absolute Gasteiger partial charge is 0.456 e. The Morgan fingerprint density at radius 2 is 0.857 bits per heavy atom. The van der Waals surface area contributed by atoms with Gasteiger partial charge in [-0.05, 0) is 134 Å². The Bertz CT molecular complexity index is 4660. The Hall–Kier alpha value is -9.59. The van der Waals surface area contributed by atoms with Crippen LogP contribution in [-0.2, 0) is 0 Å². The summed E-state index contributed by atoms with van der Waals surface area (Å²) in [5.74, 6) is 0. The van der Waals surface area contributed by atoms with Crippen LogP contribution in [0.3, 0.4) is 0 Å². The fraction of sp³-hybridized carbons (Fsp3) is 0. The van der Waals surface area contributed by atoms with Gasteiger partial charge in [-0.1, -0.05) is 176 Å². The Labute approximate surface area is 448 Å². The molecule has 0 N–H and O–H groups in total. The molecule has 0 aliphatic heterocycles. The van der Waals surface area contributed by atoms with Crippen LogP contribution in [0.5, 0.6) is 0 Å². The number of hydrogen-bond acceptors (Lipinski definition) is 3. The van der Waals surface area contributed by atoms with Crippen molar-refractivity contribution in [1.29, 1.82) is 0 Å². The van der Waals surface area contributed by atoms with Crippen LogP contribution in [-0.4, -0.2) is 22.2 Å². The quantitative estimate of drug-likeness (QED) is 0.112. The second-order valence-corrected chi connectivity index (χ2v) is 25.0. The van der Waals surface area contributed by atoms with Gasteiger partial charge in [-0.15, -0.1) is 11.3 Å². The molecule has 0 bridgehead atoms. The van der Waals surface area contributed by atoms with Crippen molar-refractivity contribution < 1.29 is 4.42 Å². The molecule has 5 heterocycles. The molecule has 0 saturated carbocycles. The number of thiophene rings is 1. The van der Waals surface area contributed by atoms with Gasteiger partial charge in [0.15, 0.2) is 8.07 Å². The van der Waals surface area contributed by atoms with E-state index in [1.54, 1.807) is 0 Å². The first-order chi connectivity index (χ1) is 38.2. The van der Waals surface area contributed by atoms with Crippen LogP contribution in [0.15, 0.2) is 278 Å². The first-order valence-electron chi connectivity index (χ1n) is 26.3. The topological polar surface area (TPSA) is 35.9 Å². The van der Waals surface area contributed by atoms with E-state index in [0.29, 0.717) is 0 Å². The average molecular weight is 1020 g/mol. The average Bonchev–Trinajstić information content (AvgIpc) is 4.48. The van der Waals surface area contributed by atoms with Crippen molar-refractivity contribution in [2.75, 3.05) is 0 Å². The van der Waals surface area contributed by atoms with Gasteiger partial charge in [-0.2, -0.15) is 0 Å². The van der Waals surface area contributed by atoms with E-state index in [1.807, 2.05) is 23.6 Å². The molecule has 0 unspecified atom stereocenters. The highest BCUT2D eigenvalue weighted by molar-refractivity contribution is 7.31. The lowest BCUT2D eigenvalue weighted by Crippen LogP contribution is -2.74. The third-order valence-corrected chi connectivity index (χ3v) is 22.3. The van der Waals surface area contributed by atoms with Gasteiger partial charge in [0, 0.05) is 64.7 Å². The van der Waals surface area contributed by atoms with Gasteiger partial charge in [0.25, 0.3) is 0 Å². The lowest BCUT2D eigenvalue weighted by molar-refractivity contribution is 0.671. The summed E-state index contributed by atoms with van der Waals surface area (Å²) in [4.78, 5) is 4.93. The molecule has 0 radical (unpaired) electrons. The number of nitrogens with zero attached hydrogens (tertiary/aromatic N) is 3. The normalized spacial score (nSPS) is 12.2. The number of furan rings is 1. The van der Waals surface area contributed by atoms with Gasteiger partial charge in [-0.25, -0.2) is 0 Å². The summed E-state index contributed by atoms with van der Waals surface area (Å²) in [5, 5.41) is 13.6. The van der Waals surface area contributed by atoms with Crippen LogP contribution in [0.4, 0.5) is 0 Å². The molecule has 0 aliphatic rings. The zero-order valence-corrected chi connectivity index (χ0v) is 43.5. The molecule has 360 valence electrons. The monoisotopic (exact) mass is 1020 g/mol. The molecule has 16 aromatic rings. The van der Waals surface area contributed by atoms with E-state index in [2.05, 4.69) is 270 Å². The molecule has 0 fully saturated rings. The number of hydrogen-bond donors (Lipinski definition) is 0. The molecule has 0 atom stereocenters. The Balaban J connectivity index is 0.878. The predicted molar refractivity (Wildman–Crippen MR) is 328 cm³/mol. The van der Waals surface area contributed by atoms with Crippen molar-refractivity contribution in [2.45, 2.75) is 0 Å².